The number of nitrogens with zero attached hydrogens (tertiary/aromatic N) is 2. The molecule has 0 atom stereocenters. The zero-order chi connectivity index (χ0) is 19.9. The lowest BCUT2D eigenvalue weighted by molar-refractivity contribution is 0.208. The number of aromatic amines is 1. The van der Waals surface area contributed by atoms with Crippen LogP contribution in [0.1, 0.15) is 25.7 Å². The van der Waals surface area contributed by atoms with Gasteiger partial charge in [0.25, 0.3) is 5.56 Å². The SMILES string of the molecule is O=c1[nH]nc(NC2CCN(CCCCOc3ccccc3)CC2)c2ccccc12. The molecule has 1 aliphatic rings. The molecule has 6 nitrogen and oxygen atoms in total. The second-order valence-corrected chi connectivity index (χ2v) is 7.58. The van der Waals surface area contributed by atoms with Crippen molar-refractivity contribution in [2.75, 3.05) is 31.6 Å². The van der Waals surface area contributed by atoms with Crippen LogP contribution >= 0.6 is 0 Å². The van der Waals surface area contributed by atoms with E-state index < -0.39 is 0 Å². The largest absolute Gasteiger partial charge is 0.494 e. The summed E-state index contributed by atoms with van der Waals surface area (Å²) >= 11 is 0. The Morgan fingerprint density at radius 1 is 1.00 bits per heavy atom. The normalized spacial score (nSPS) is 15.4. The number of likely N-dealkylation sites (tertiary alicyclic amines) is 1. The summed E-state index contributed by atoms with van der Waals surface area (Å²) < 4.78 is 5.76. The standard InChI is InChI=1S/C23H28N4O2/c28-23-21-11-5-4-10-20(21)22(25-26-23)24-18-12-15-27(16-13-18)14-6-7-17-29-19-8-2-1-3-9-19/h1-5,8-11,18H,6-7,12-17H2,(H,24,25)(H,26,28). The molecule has 29 heavy (non-hydrogen) atoms. The molecule has 2 aromatic carbocycles. The van der Waals surface area contributed by atoms with E-state index in [1.807, 2.05) is 54.6 Å². The van der Waals surface area contributed by atoms with E-state index in [0.29, 0.717) is 11.4 Å². The van der Waals surface area contributed by atoms with E-state index in [9.17, 15) is 4.79 Å². The molecule has 0 bridgehead atoms. The van der Waals surface area contributed by atoms with Crippen molar-refractivity contribution in [3.63, 3.8) is 0 Å². The van der Waals surface area contributed by atoms with Gasteiger partial charge in [-0.15, -0.1) is 0 Å². The third-order valence-corrected chi connectivity index (χ3v) is 5.51. The molecule has 6 heteroatoms. The minimum atomic E-state index is -0.141. The molecule has 152 valence electrons. The van der Waals surface area contributed by atoms with E-state index in [0.717, 1.165) is 68.9 Å². The second-order valence-electron chi connectivity index (χ2n) is 7.58. The number of piperidine rings is 1. The molecular formula is C23H28N4O2. The van der Waals surface area contributed by atoms with Crippen molar-refractivity contribution in [2.45, 2.75) is 31.7 Å². The minimum absolute atomic E-state index is 0.141. The van der Waals surface area contributed by atoms with Gasteiger partial charge < -0.3 is 15.0 Å². The summed E-state index contributed by atoms with van der Waals surface area (Å²) in [4.78, 5) is 14.5. The number of para-hydroxylation sites is 1. The second kappa shape index (κ2) is 9.56. The van der Waals surface area contributed by atoms with Crippen molar-refractivity contribution in [1.82, 2.24) is 15.1 Å². The van der Waals surface area contributed by atoms with Crippen LogP contribution in [-0.4, -0.2) is 47.4 Å². The lowest BCUT2D eigenvalue weighted by atomic mass is 10.0. The Balaban J connectivity index is 1.19. The fourth-order valence-corrected chi connectivity index (χ4v) is 3.86. The molecule has 3 aromatic rings. The molecule has 1 aliphatic heterocycles. The molecule has 0 unspecified atom stereocenters. The molecule has 0 saturated carbocycles. The van der Waals surface area contributed by atoms with Crippen molar-refractivity contribution in [2.24, 2.45) is 0 Å². The summed E-state index contributed by atoms with van der Waals surface area (Å²) in [6, 6.07) is 18.0. The highest BCUT2D eigenvalue weighted by molar-refractivity contribution is 5.90. The molecule has 0 radical (unpaired) electrons. The molecule has 0 amide bonds. The van der Waals surface area contributed by atoms with Gasteiger partial charge in [-0.1, -0.05) is 36.4 Å². The smallest absolute Gasteiger partial charge is 0.272 e. The van der Waals surface area contributed by atoms with Crippen molar-refractivity contribution in [1.29, 1.82) is 0 Å². The first-order valence-electron chi connectivity index (χ1n) is 10.4. The summed E-state index contributed by atoms with van der Waals surface area (Å²) in [5.74, 6) is 1.72. The predicted octanol–water partition coefficient (Wildman–Crippen LogP) is 3.66. The van der Waals surface area contributed by atoms with Crippen molar-refractivity contribution in [3.8, 4) is 5.75 Å². The number of rotatable bonds is 8. The Bertz CT molecular complexity index is 965. The van der Waals surface area contributed by atoms with Crippen molar-refractivity contribution in [3.05, 3.63) is 65.0 Å². The maximum atomic E-state index is 11.9. The summed E-state index contributed by atoms with van der Waals surface area (Å²) in [6.45, 7) is 4.05. The van der Waals surface area contributed by atoms with E-state index in [1.54, 1.807) is 0 Å². The van der Waals surface area contributed by atoms with Crippen LogP contribution < -0.4 is 15.6 Å². The molecule has 0 aliphatic carbocycles. The maximum absolute atomic E-state index is 11.9. The summed E-state index contributed by atoms with van der Waals surface area (Å²) in [5.41, 5.74) is -0.141. The number of hydrogen-bond donors (Lipinski definition) is 2. The number of benzene rings is 2. The first-order valence-corrected chi connectivity index (χ1v) is 10.4. The predicted molar refractivity (Wildman–Crippen MR) is 117 cm³/mol. The molecule has 1 fully saturated rings. The number of ether oxygens (including phenoxy) is 1. The van der Waals surface area contributed by atoms with Crippen molar-refractivity contribution < 1.29 is 4.74 Å². The van der Waals surface area contributed by atoms with E-state index >= 15 is 0 Å². The summed E-state index contributed by atoms with van der Waals surface area (Å²) in [7, 11) is 0. The molecule has 1 saturated heterocycles. The van der Waals surface area contributed by atoms with Gasteiger partial charge in [0.05, 0.1) is 12.0 Å². The lowest BCUT2D eigenvalue weighted by Gasteiger charge is -2.32. The molecule has 4 rings (SSSR count). The van der Waals surface area contributed by atoms with Gasteiger partial charge >= 0.3 is 0 Å². The average molecular weight is 393 g/mol. The fourth-order valence-electron chi connectivity index (χ4n) is 3.86. The molecule has 1 aromatic heterocycles. The highest BCUT2D eigenvalue weighted by Crippen LogP contribution is 2.21. The van der Waals surface area contributed by atoms with E-state index in [1.165, 1.54) is 0 Å². The fraction of sp³-hybridized carbons (Fsp3) is 0.391. The number of aromatic nitrogens is 2. The van der Waals surface area contributed by atoms with Crippen LogP contribution in [0.4, 0.5) is 5.82 Å². The number of fused-ring (bicyclic) bond motifs is 1. The van der Waals surface area contributed by atoms with Crippen LogP contribution in [0.3, 0.4) is 0 Å². The van der Waals surface area contributed by atoms with E-state index in [4.69, 9.17) is 4.74 Å². The number of anilines is 1. The van der Waals surface area contributed by atoms with Crippen LogP contribution in [0, 0.1) is 0 Å². The number of hydrogen-bond acceptors (Lipinski definition) is 5. The highest BCUT2D eigenvalue weighted by Gasteiger charge is 2.20. The van der Waals surface area contributed by atoms with E-state index in [2.05, 4.69) is 20.4 Å². The van der Waals surface area contributed by atoms with Crippen LogP contribution in [0.2, 0.25) is 0 Å². The highest BCUT2D eigenvalue weighted by atomic mass is 16.5. The number of nitrogens with one attached hydrogen (secondary N) is 2. The minimum Gasteiger partial charge on any atom is -0.494 e. The van der Waals surface area contributed by atoms with Gasteiger partial charge in [0.1, 0.15) is 5.75 Å². The Morgan fingerprint density at radius 2 is 1.72 bits per heavy atom. The number of H-pyrrole nitrogens is 1. The molecule has 2 heterocycles. The van der Waals surface area contributed by atoms with Crippen LogP contribution in [0.25, 0.3) is 10.8 Å². The zero-order valence-electron chi connectivity index (χ0n) is 16.6. The third-order valence-electron chi connectivity index (χ3n) is 5.51. The Kier molecular flexibility index (Phi) is 6.42. The van der Waals surface area contributed by atoms with Crippen LogP contribution in [0.5, 0.6) is 5.75 Å². The average Bonchev–Trinajstić information content (AvgIpc) is 2.77. The molecule has 0 spiro atoms. The van der Waals surface area contributed by atoms with Gasteiger partial charge in [-0.2, -0.15) is 5.10 Å². The summed E-state index contributed by atoms with van der Waals surface area (Å²) in [6.07, 6.45) is 4.38. The van der Waals surface area contributed by atoms with Gasteiger partial charge in [-0.3, -0.25) is 4.79 Å². The van der Waals surface area contributed by atoms with Gasteiger partial charge in [-0.25, -0.2) is 5.10 Å². The van der Waals surface area contributed by atoms with Gasteiger partial charge in [0.15, 0.2) is 5.82 Å². The lowest BCUT2D eigenvalue weighted by Crippen LogP contribution is -2.39. The Labute approximate surface area is 170 Å². The molecule has 2 N–H and O–H groups in total. The zero-order valence-corrected chi connectivity index (χ0v) is 16.6. The van der Waals surface area contributed by atoms with Crippen LogP contribution in [-0.2, 0) is 0 Å². The third kappa shape index (κ3) is 5.15. The quantitative estimate of drug-likeness (QED) is 0.573. The Morgan fingerprint density at radius 3 is 2.52 bits per heavy atom. The van der Waals surface area contributed by atoms with Crippen LogP contribution in [0.15, 0.2) is 59.4 Å². The molecular weight excluding hydrogens is 364 g/mol. The monoisotopic (exact) mass is 392 g/mol. The maximum Gasteiger partial charge on any atom is 0.272 e. The number of unbranched alkanes of at least 4 members (excludes halogenated alkanes) is 1. The van der Waals surface area contributed by atoms with Crippen molar-refractivity contribution >= 4 is 16.6 Å². The first-order chi connectivity index (χ1) is 14.3. The van der Waals surface area contributed by atoms with Gasteiger partial charge in [0.2, 0.25) is 0 Å². The summed E-state index contributed by atoms with van der Waals surface area (Å²) in [5, 5.41) is 11.9. The van der Waals surface area contributed by atoms with E-state index in [-0.39, 0.29) is 5.56 Å². The first kappa shape index (κ1) is 19.5. The van der Waals surface area contributed by atoms with Gasteiger partial charge in [-0.05, 0) is 50.4 Å². The topological polar surface area (TPSA) is 70.2 Å². The van der Waals surface area contributed by atoms with Gasteiger partial charge in [0, 0.05) is 24.5 Å². The Hall–Kier alpha value is -2.86.